The van der Waals surface area contributed by atoms with E-state index in [9.17, 15) is 8.42 Å². The van der Waals surface area contributed by atoms with Crippen molar-refractivity contribution in [2.45, 2.75) is 0 Å². The van der Waals surface area contributed by atoms with E-state index in [2.05, 4.69) is 0 Å². The molecule has 0 atom stereocenters. The molecule has 1 rings (SSSR count). The van der Waals surface area contributed by atoms with Gasteiger partial charge in [0.1, 0.15) is 0 Å². The second kappa shape index (κ2) is 5.60. The minimum absolute atomic E-state index is 0. The van der Waals surface area contributed by atoms with Crippen LogP contribution in [0.25, 0.3) is 0 Å². The quantitative estimate of drug-likeness (QED) is 0.502. The number of nitrogens with one attached hydrogen (secondary N) is 1. The molecule has 0 aliphatic heterocycles. The van der Waals surface area contributed by atoms with Crippen LogP contribution < -0.4 is 10.2 Å². The summed E-state index contributed by atoms with van der Waals surface area (Å²) in [4.78, 5) is 0. The van der Waals surface area contributed by atoms with Crippen molar-refractivity contribution >= 4 is 29.3 Å². The van der Waals surface area contributed by atoms with E-state index in [1.54, 1.807) is 12.1 Å². The van der Waals surface area contributed by atoms with Gasteiger partial charge in [0, 0.05) is 0 Å². The maximum atomic E-state index is 10.3. The van der Waals surface area contributed by atoms with Gasteiger partial charge >= 0.3 is 71.3 Å². The maximum absolute atomic E-state index is 10.3. The molecule has 6 nitrogen and oxygen atoms in total. The zero-order valence-electron chi connectivity index (χ0n) is 6.95. The van der Waals surface area contributed by atoms with Gasteiger partial charge in [-0.1, -0.05) is 0 Å². The van der Waals surface area contributed by atoms with Crippen LogP contribution >= 0.6 is 0 Å². The minimum Gasteiger partial charge on any atom is -0.870 e. The molecule has 4 N–H and O–H groups in total. The largest absolute Gasteiger partial charge is 0.870 e. The Balaban J connectivity index is 0. The first kappa shape index (κ1) is 15.4. The van der Waals surface area contributed by atoms with Crippen LogP contribution in [0.4, 0.5) is 5.69 Å². The molecule has 1 aromatic rings. The van der Waals surface area contributed by atoms with Gasteiger partial charge in [-0.05, 0) is 0 Å². The van der Waals surface area contributed by atoms with Crippen LogP contribution in [0.1, 0.15) is 0 Å². The van der Waals surface area contributed by atoms with Crippen molar-refractivity contribution in [1.29, 1.82) is 0 Å². The molecule has 0 fully saturated rings. The Morgan fingerprint density at radius 2 is 1.86 bits per heavy atom. The molecule has 0 saturated heterocycles. The number of hydrogen-bond acceptors (Lipinski definition) is 4. The summed E-state index contributed by atoms with van der Waals surface area (Å²) in [5, 5.41) is 0. The molecule has 0 aliphatic carbocycles. The van der Waals surface area contributed by atoms with E-state index in [1.165, 1.54) is 12.1 Å². The Labute approximate surface area is 82.9 Å². The summed E-state index contributed by atoms with van der Waals surface area (Å²) in [6.45, 7) is 0. The van der Waals surface area contributed by atoms with Gasteiger partial charge in [0.2, 0.25) is 0 Å². The zero-order chi connectivity index (χ0) is 9.19. The number of hydrogen-bond donors (Lipinski definition) is 2. The Kier molecular flexibility index (Phi) is 6.16. The smallest absolute Gasteiger partial charge is 0.870 e. The third kappa shape index (κ3) is 5.54. The number of anilines is 1. The van der Waals surface area contributed by atoms with Gasteiger partial charge in [0.15, 0.2) is 0 Å². The van der Waals surface area contributed by atoms with Crippen LogP contribution in [-0.4, -0.2) is 31.8 Å². The van der Waals surface area contributed by atoms with Crippen molar-refractivity contribution < 1.29 is 23.9 Å². The Bertz CT molecular complexity index is 380. The molecule has 0 bridgehead atoms. The van der Waals surface area contributed by atoms with Crippen molar-refractivity contribution in [2.75, 3.05) is 4.72 Å². The van der Waals surface area contributed by atoms with Gasteiger partial charge in [-0.3, -0.25) is 0 Å². The first-order valence-electron chi connectivity index (χ1n) is 3.08. The van der Waals surface area contributed by atoms with Gasteiger partial charge in [-0.25, -0.2) is 0 Å². The summed E-state index contributed by atoms with van der Waals surface area (Å²) >= 11 is 0. The molecular formula is C6H8BNO5S. The SMILES string of the molecule is [B+2]c1cccc(NS(=O)(=O)O)c1.[OH-].[OH-]. The fourth-order valence-corrected chi connectivity index (χ4v) is 1.18. The topological polar surface area (TPSA) is 126 Å². The van der Waals surface area contributed by atoms with E-state index >= 15 is 0 Å². The van der Waals surface area contributed by atoms with Crippen molar-refractivity contribution in [2.24, 2.45) is 0 Å². The Hall–Kier alpha value is -1.09. The average Bonchev–Trinajstić information content (AvgIpc) is 1.82. The summed E-state index contributed by atoms with van der Waals surface area (Å²) in [5.74, 6) is 0. The molecule has 0 amide bonds. The molecule has 0 saturated carbocycles. The van der Waals surface area contributed by atoms with Crippen molar-refractivity contribution in [3.05, 3.63) is 24.3 Å². The van der Waals surface area contributed by atoms with Gasteiger partial charge in [0.25, 0.3) is 0 Å². The molecule has 1 aromatic carbocycles. The van der Waals surface area contributed by atoms with Crippen LogP contribution in [0, 0.1) is 0 Å². The average molecular weight is 217 g/mol. The van der Waals surface area contributed by atoms with Gasteiger partial charge in [0.05, 0.1) is 0 Å². The summed E-state index contributed by atoms with van der Waals surface area (Å²) in [6.07, 6.45) is 0. The zero-order valence-corrected chi connectivity index (χ0v) is 7.77. The standard InChI is InChI=1S/C6H6BNO3S.2H2O/c7-5-2-1-3-6(4-5)8-12(9,10)11;;/h1-4,8H,(H,9,10,11);2*1H2/q+2;;/p-2. The monoisotopic (exact) mass is 217 g/mol. The molecule has 8 heteroatoms. The molecule has 14 heavy (non-hydrogen) atoms. The number of rotatable bonds is 2. The third-order valence-corrected chi connectivity index (χ3v) is 1.63. The van der Waals surface area contributed by atoms with Gasteiger partial charge in [-0.15, -0.1) is 0 Å². The second-order valence-corrected chi connectivity index (χ2v) is 3.36. The molecule has 0 unspecified atom stereocenters. The second-order valence-electron chi connectivity index (χ2n) is 2.20. The normalized spacial score (nSPS) is 9.64. The van der Waals surface area contributed by atoms with E-state index < -0.39 is 10.3 Å². The van der Waals surface area contributed by atoms with E-state index in [4.69, 9.17) is 12.4 Å². The molecule has 0 heterocycles. The molecule has 0 radical (unpaired) electrons. The molecule has 0 spiro atoms. The molecule has 0 aromatic heterocycles. The van der Waals surface area contributed by atoms with Gasteiger partial charge in [-0.2, -0.15) is 0 Å². The minimum atomic E-state index is -4.20. The van der Waals surface area contributed by atoms with Crippen LogP contribution in [0.3, 0.4) is 0 Å². The summed E-state index contributed by atoms with van der Waals surface area (Å²) in [5.41, 5.74) is 0.654. The first-order valence-corrected chi connectivity index (χ1v) is 4.52. The third-order valence-electron chi connectivity index (χ3n) is 1.13. The first-order chi connectivity index (χ1) is 5.47. The van der Waals surface area contributed by atoms with E-state index in [1.807, 2.05) is 4.72 Å². The van der Waals surface area contributed by atoms with E-state index in [0.29, 0.717) is 5.46 Å². The maximum Gasteiger partial charge on any atom is -0.870 e. The van der Waals surface area contributed by atoms with Crippen molar-refractivity contribution in [1.82, 2.24) is 0 Å². The van der Waals surface area contributed by atoms with E-state index in [0.717, 1.165) is 0 Å². The molecular weight excluding hydrogens is 209 g/mol. The van der Waals surface area contributed by atoms with Crippen LogP contribution in [0.15, 0.2) is 24.3 Å². The summed E-state index contributed by atoms with van der Waals surface area (Å²) in [7, 11) is 1.16. The molecule has 0 aliphatic rings. The van der Waals surface area contributed by atoms with Crippen molar-refractivity contribution in [3.63, 3.8) is 0 Å². The van der Waals surface area contributed by atoms with Crippen molar-refractivity contribution in [3.8, 4) is 0 Å². The van der Waals surface area contributed by atoms with Crippen LogP contribution in [-0.2, 0) is 10.3 Å². The Morgan fingerprint density at radius 3 is 2.29 bits per heavy atom. The number of benzene rings is 1. The van der Waals surface area contributed by atoms with Crippen LogP contribution in [0.2, 0.25) is 0 Å². The molecule has 76 valence electrons. The predicted molar refractivity (Wildman–Crippen MR) is 50.9 cm³/mol. The Morgan fingerprint density at radius 1 is 1.29 bits per heavy atom. The summed E-state index contributed by atoms with van der Waals surface area (Å²) in [6, 6.07) is 6.05. The predicted octanol–water partition coefficient (Wildman–Crippen LogP) is -0.659. The fourth-order valence-electron chi connectivity index (χ4n) is 0.751. The fraction of sp³-hybridized carbons (Fsp3) is 0. The van der Waals surface area contributed by atoms with E-state index in [-0.39, 0.29) is 16.6 Å². The van der Waals surface area contributed by atoms with Gasteiger partial charge < -0.3 is 11.0 Å². The summed E-state index contributed by atoms with van der Waals surface area (Å²) < 4.78 is 30.9. The van der Waals surface area contributed by atoms with Crippen LogP contribution in [0.5, 0.6) is 0 Å².